The summed E-state index contributed by atoms with van der Waals surface area (Å²) in [5.41, 5.74) is 6.73. The average Bonchev–Trinajstić information content (AvgIpc) is 2.82. The monoisotopic (exact) mass is 293 g/mol. The van der Waals surface area contributed by atoms with Crippen molar-refractivity contribution in [1.82, 2.24) is 9.80 Å². The van der Waals surface area contributed by atoms with Gasteiger partial charge in [-0.1, -0.05) is 11.6 Å². The Kier molecular flexibility index (Phi) is 3.30. The molecule has 0 bridgehead atoms. The number of piperazine rings is 1. The van der Waals surface area contributed by atoms with E-state index >= 15 is 0 Å². The maximum Gasteiger partial charge on any atom is 0.256 e. The molecule has 0 saturated carbocycles. The van der Waals surface area contributed by atoms with E-state index < -0.39 is 0 Å². The van der Waals surface area contributed by atoms with E-state index in [-0.39, 0.29) is 17.9 Å². The van der Waals surface area contributed by atoms with Crippen molar-refractivity contribution in [2.24, 2.45) is 0 Å². The van der Waals surface area contributed by atoms with Crippen LogP contribution in [0.15, 0.2) is 18.2 Å². The number of hydrogen-bond acceptors (Lipinski definition) is 3. The number of nitrogen functional groups attached to an aromatic ring is 1. The van der Waals surface area contributed by atoms with E-state index in [1.165, 1.54) is 0 Å². The molecule has 106 valence electrons. The highest BCUT2D eigenvalue weighted by Gasteiger charge is 2.37. The van der Waals surface area contributed by atoms with Crippen molar-refractivity contribution in [3.63, 3.8) is 0 Å². The predicted molar refractivity (Wildman–Crippen MR) is 76.5 cm³/mol. The third-order valence-corrected chi connectivity index (χ3v) is 4.26. The number of nitrogens with zero attached hydrogens (tertiary/aromatic N) is 2. The van der Waals surface area contributed by atoms with Crippen LogP contribution in [0.4, 0.5) is 5.69 Å². The molecule has 2 heterocycles. The van der Waals surface area contributed by atoms with E-state index in [2.05, 4.69) is 0 Å². The summed E-state index contributed by atoms with van der Waals surface area (Å²) in [6.07, 6.45) is 1.42. The van der Waals surface area contributed by atoms with Crippen LogP contribution in [0.2, 0.25) is 5.02 Å². The molecule has 20 heavy (non-hydrogen) atoms. The van der Waals surface area contributed by atoms with Crippen molar-refractivity contribution in [3.05, 3.63) is 28.8 Å². The van der Waals surface area contributed by atoms with Crippen LogP contribution in [0.5, 0.6) is 0 Å². The second-order valence-corrected chi connectivity index (χ2v) is 5.70. The van der Waals surface area contributed by atoms with Crippen LogP contribution < -0.4 is 5.73 Å². The van der Waals surface area contributed by atoms with Gasteiger partial charge in [0.25, 0.3) is 5.91 Å². The van der Waals surface area contributed by atoms with Crippen LogP contribution in [0.1, 0.15) is 23.2 Å². The van der Waals surface area contributed by atoms with Gasteiger partial charge in [0.05, 0.1) is 5.56 Å². The second-order valence-electron chi connectivity index (χ2n) is 5.26. The number of anilines is 1. The van der Waals surface area contributed by atoms with Gasteiger partial charge < -0.3 is 15.5 Å². The van der Waals surface area contributed by atoms with E-state index in [4.69, 9.17) is 17.3 Å². The molecule has 2 saturated heterocycles. The topological polar surface area (TPSA) is 66.6 Å². The van der Waals surface area contributed by atoms with Crippen molar-refractivity contribution in [2.45, 2.75) is 18.9 Å². The first kappa shape index (κ1) is 13.2. The number of carbonyl (C=O) groups excluding carboxylic acids is 2. The summed E-state index contributed by atoms with van der Waals surface area (Å²) in [6.45, 7) is 1.74. The number of halogens is 1. The molecule has 1 aromatic carbocycles. The van der Waals surface area contributed by atoms with Crippen LogP contribution in [-0.4, -0.2) is 47.3 Å². The Morgan fingerprint density at radius 3 is 2.95 bits per heavy atom. The number of amides is 2. The second kappa shape index (κ2) is 4.98. The number of hydrogen-bond donors (Lipinski definition) is 1. The summed E-state index contributed by atoms with van der Waals surface area (Å²) in [7, 11) is 0. The summed E-state index contributed by atoms with van der Waals surface area (Å²) >= 11 is 5.93. The van der Waals surface area contributed by atoms with E-state index in [1.807, 2.05) is 4.90 Å². The molecular formula is C14H16ClN3O2. The lowest BCUT2D eigenvalue weighted by Crippen LogP contribution is -2.53. The van der Waals surface area contributed by atoms with Crippen molar-refractivity contribution in [1.29, 1.82) is 0 Å². The Bertz CT molecular complexity index is 576. The predicted octanol–water partition coefficient (Wildman–Crippen LogP) is 1.37. The summed E-state index contributed by atoms with van der Waals surface area (Å²) < 4.78 is 0. The first-order chi connectivity index (χ1) is 9.56. The molecule has 0 radical (unpaired) electrons. The fourth-order valence-corrected chi connectivity index (χ4v) is 3.11. The zero-order chi connectivity index (χ0) is 14.3. The summed E-state index contributed by atoms with van der Waals surface area (Å²) in [4.78, 5) is 27.8. The zero-order valence-corrected chi connectivity index (χ0v) is 11.8. The highest BCUT2D eigenvalue weighted by atomic mass is 35.5. The molecule has 5 nitrogen and oxygen atoms in total. The lowest BCUT2D eigenvalue weighted by molar-refractivity contribution is -0.130. The van der Waals surface area contributed by atoms with Gasteiger partial charge >= 0.3 is 0 Å². The summed E-state index contributed by atoms with van der Waals surface area (Å²) in [5, 5.41) is 0.497. The number of nitrogens with two attached hydrogens (primary N) is 1. The molecule has 2 aliphatic heterocycles. The van der Waals surface area contributed by atoms with Gasteiger partial charge in [0.15, 0.2) is 0 Å². The fraction of sp³-hybridized carbons (Fsp3) is 0.429. The number of benzene rings is 1. The molecule has 2 fully saturated rings. The van der Waals surface area contributed by atoms with Crippen molar-refractivity contribution < 1.29 is 9.59 Å². The van der Waals surface area contributed by atoms with Gasteiger partial charge in [0, 0.05) is 42.8 Å². The smallest absolute Gasteiger partial charge is 0.256 e. The van der Waals surface area contributed by atoms with E-state index in [1.54, 1.807) is 23.1 Å². The fourth-order valence-electron chi connectivity index (χ4n) is 2.93. The first-order valence-electron chi connectivity index (χ1n) is 6.70. The maximum atomic E-state index is 12.5. The van der Waals surface area contributed by atoms with Gasteiger partial charge in [0.1, 0.15) is 0 Å². The Labute approximate surface area is 122 Å². The van der Waals surface area contributed by atoms with E-state index in [0.717, 1.165) is 6.42 Å². The van der Waals surface area contributed by atoms with E-state index in [0.29, 0.717) is 42.3 Å². The third kappa shape index (κ3) is 2.22. The molecule has 0 spiro atoms. The minimum absolute atomic E-state index is 0.107. The zero-order valence-electron chi connectivity index (χ0n) is 11.0. The highest BCUT2D eigenvalue weighted by Crippen LogP contribution is 2.25. The van der Waals surface area contributed by atoms with Gasteiger partial charge in [-0.2, -0.15) is 0 Å². The number of rotatable bonds is 1. The molecule has 1 aromatic rings. The summed E-state index contributed by atoms with van der Waals surface area (Å²) in [5.74, 6) is 0.0911. The van der Waals surface area contributed by atoms with Crippen molar-refractivity contribution >= 4 is 29.1 Å². The Morgan fingerprint density at radius 1 is 1.35 bits per heavy atom. The summed E-state index contributed by atoms with van der Waals surface area (Å²) in [6, 6.07) is 5.07. The molecule has 0 aromatic heterocycles. The van der Waals surface area contributed by atoms with E-state index in [9.17, 15) is 9.59 Å². The standard InChI is InChI=1S/C14H16ClN3O2/c15-9-1-3-12(16)11(7-9)14(20)17-5-6-18-10(8-17)2-4-13(18)19/h1,3,7,10H,2,4-6,8,16H2. The molecule has 1 atom stereocenters. The molecular weight excluding hydrogens is 278 g/mol. The van der Waals surface area contributed by atoms with Crippen molar-refractivity contribution in [3.8, 4) is 0 Å². The van der Waals surface area contributed by atoms with Gasteiger partial charge in [0.2, 0.25) is 5.91 Å². The molecule has 2 aliphatic rings. The van der Waals surface area contributed by atoms with Gasteiger partial charge in [-0.25, -0.2) is 0 Å². The third-order valence-electron chi connectivity index (χ3n) is 4.03. The molecule has 6 heteroatoms. The minimum atomic E-state index is -0.107. The molecule has 2 N–H and O–H groups in total. The average molecular weight is 294 g/mol. The van der Waals surface area contributed by atoms with Crippen LogP contribution in [0.25, 0.3) is 0 Å². The first-order valence-corrected chi connectivity index (χ1v) is 7.08. The van der Waals surface area contributed by atoms with Gasteiger partial charge in [-0.15, -0.1) is 0 Å². The van der Waals surface area contributed by atoms with Crippen LogP contribution in [0.3, 0.4) is 0 Å². The van der Waals surface area contributed by atoms with Gasteiger partial charge in [-0.3, -0.25) is 9.59 Å². The number of carbonyl (C=O) groups is 2. The lowest BCUT2D eigenvalue weighted by Gasteiger charge is -2.37. The molecule has 1 unspecified atom stereocenters. The van der Waals surface area contributed by atoms with Crippen molar-refractivity contribution in [2.75, 3.05) is 25.4 Å². The Morgan fingerprint density at radius 2 is 2.15 bits per heavy atom. The maximum absolute atomic E-state index is 12.5. The molecule has 2 amide bonds. The molecule has 3 rings (SSSR count). The quantitative estimate of drug-likeness (QED) is 0.795. The number of fused-ring (bicyclic) bond motifs is 1. The van der Waals surface area contributed by atoms with Crippen LogP contribution >= 0.6 is 11.6 Å². The lowest BCUT2D eigenvalue weighted by atomic mass is 10.1. The molecule has 0 aliphatic carbocycles. The Balaban J connectivity index is 1.78. The normalized spacial score (nSPS) is 22.1. The van der Waals surface area contributed by atoms with Gasteiger partial charge in [-0.05, 0) is 24.6 Å². The Hall–Kier alpha value is -1.75. The minimum Gasteiger partial charge on any atom is -0.398 e. The highest BCUT2D eigenvalue weighted by molar-refractivity contribution is 6.31. The van der Waals surface area contributed by atoms with Crippen LogP contribution in [0, 0.1) is 0 Å². The van der Waals surface area contributed by atoms with Crippen LogP contribution in [-0.2, 0) is 4.79 Å². The SMILES string of the molecule is Nc1ccc(Cl)cc1C(=O)N1CCN2C(=O)CCC2C1. The largest absolute Gasteiger partial charge is 0.398 e.